The van der Waals surface area contributed by atoms with Gasteiger partial charge in [-0.25, -0.2) is 14.5 Å². The van der Waals surface area contributed by atoms with Gasteiger partial charge >= 0.3 is 11.9 Å². The minimum absolute atomic E-state index is 0.0885. The molecule has 0 amide bonds. The van der Waals surface area contributed by atoms with Crippen LogP contribution in [0.3, 0.4) is 0 Å². The zero-order valence-corrected chi connectivity index (χ0v) is 21.1. The molecule has 13 heteroatoms. The van der Waals surface area contributed by atoms with E-state index in [1.54, 1.807) is 55.5 Å². The van der Waals surface area contributed by atoms with Crippen LogP contribution in [-0.4, -0.2) is 46.4 Å². The molecule has 196 valence electrons. The monoisotopic (exact) mass is 555 g/mol. The van der Waals surface area contributed by atoms with Crippen LogP contribution in [0.2, 0.25) is 10.0 Å². The number of imidazole rings is 1. The topological polar surface area (TPSA) is 98.1 Å². The first-order valence-corrected chi connectivity index (χ1v) is 11.8. The molecule has 0 fully saturated rings. The number of hydrogen-bond donors (Lipinski definition) is 2. The zero-order valence-electron chi connectivity index (χ0n) is 19.6. The van der Waals surface area contributed by atoms with Crippen LogP contribution >= 0.6 is 23.2 Å². The Morgan fingerprint density at radius 3 is 2.30 bits per heavy atom. The lowest BCUT2D eigenvalue weighted by atomic mass is 10.1. The Kier molecular flexibility index (Phi) is 7.52. The smallest absolute Gasteiger partial charge is 0.385 e. The molecule has 8 nitrogen and oxygen atoms in total. The van der Waals surface area contributed by atoms with Crippen LogP contribution in [0.1, 0.15) is 30.4 Å². The summed E-state index contributed by atoms with van der Waals surface area (Å²) in [5, 5.41) is 25.0. The summed E-state index contributed by atoms with van der Waals surface area (Å²) in [4.78, 5) is 17.8. The summed E-state index contributed by atoms with van der Waals surface area (Å²) < 4.78 is 43.2. The molecule has 2 unspecified atom stereocenters. The maximum atomic E-state index is 13.5. The lowest BCUT2D eigenvalue weighted by Crippen LogP contribution is -2.37. The number of aliphatic hydroxyl groups is 2. The van der Waals surface area contributed by atoms with Crippen LogP contribution in [0.15, 0.2) is 53.3 Å². The largest absolute Gasteiger partial charge is 0.416 e. The van der Waals surface area contributed by atoms with Crippen LogP contribution in [0.25, 0.3) is 16.9 Å². The number of aliphatic hydroxyl groups excluding tert-OH is 2. The molecule has 2 aromatic carbocycles. The van der Waals surface area contributed by atoms with E-state index in [9.17, 15) is 28.2 Å². The van der Waals surface area contributed by atoms with Gasteiger partial charge in [0.15, 0.2) is 17.8 Å². The number of benzene rings is 2. The van der Waals surface area contributed by atoms with E-state index in [0.29, 0.717) is 27.0 Å². The predicted molar refractivity (Wildman–Crippen MR) is 132 cm³/mol. The SMILES string of the molecule is Cc1c(-c2ccc(Cl)cc2)n(CC(O)C(F)(F)F)c(=O)n1Cc1nc(C(C)O)nn1-c1cccc(Cl)c1. The van der Waals surface area contributed by atoms with Crippen molar-refractivity contribution in [3.8, 4) is 16.9 Å². The molecule has 0 saturated heterocycles. The number of hydrogen-bond acceptors (Lipinski definition) is 5. The second kappa shape index (κ2) is 10.3. The highest BCUT2D eigenvalue weighted by atomic mass is 35.5. The quantitative estimate of drug-likeness (QED) is 0.349. The minimum Gasteiger partial charge on any atom is -0.385 e. The molecule has 37 heavy (non-hydrogen) atoms. The van der Waals surface area contributed by atoms with Gasteiger partial charge in [-0.05, 0) is 44.2 Å². The highest BCUT2D eigenvalue weighted by Gasteiger charge is 2.39. The molecule has 0 radical (unpaired) electrons. The molecule has 4 aromatic rings. The van der Waals surface area contributed by atoms with Gasteiger partial charge in [-0.3, -0.25) is 9.13 Å². The average molecular weight is 556 g/mol. The van der Waals surface area contributed by atoms with Gasteiger partial charge in [0.25, 0.3) is 0 Å². The molecule has 0 aliphatic heterocycles. The first-order chi connectivity index (χ1) is 17.4. The van der Waals surface area contributed by atoms with Crippen molar-refractivity contribution in [1.82, 2.24) is 23.9 Å². The van der Waals surface area contributed by atoms with Crippen molar-refractivity contribution in [2.24, 2.45) is 0 Å². The van der Waals surface area contributed by atoms with E-state index in [0.717, 1.165) is 4.57 Å². The predicted octanol–water partition coefficient (Wildman–Crippen LogP) is 4.54. The third-order valence-corrected chi connectivity index (χ3v) is 6.23. The Balaban J connectivity index is 1.87. The molecular weight excluding hydrogens is 534 g/mol. The molecule has 4 rings (SSSR count). The van der Waals surface area contributed by atoms with Crippen molar-refractivity contribution in [1.29, 1.82) is 0 Å². The van der Waals surface area contributed by atoms with E-state index in [1.807, 2.05) is 0 Å². The average Bonchev–Trinajstić information content (AvgIpc) is 3.35. The summed E-state index contributed by atoms with van der Waals surface area (Å²) in [6.07, 6.45) is -8.71. The maximum absolute atomic E-state index is 13.5. The molecule has 0 aliphatic rings. The number of alkyl halides is 3. The molecule has 0 aliphatic carbocycles. The first-order valence-electron chi connectivity index (χ1n) is 11.1. The van der Waals surface area contributed by atoms with E-state index >= 15 is 0 Å². The summed E-state index contributed by atoms with van der Waals surface area (Å²) >= 11 is 12.1. The third-order valence-electron chi connectivity index (χ3n) is 5.75. The van der Waals surface area contributed by atoms with E-state index < -0.39 is 30.6 Å². The van der Waals surface area contributed by atoms with Gasteiger partial charge in [-0.1, -0.05) is 41.4 Å². The molecule has 0 saturated carbocycles. The number of halogens is 5. The Bertz CT molecular complexity index is 1480. The molecule has 2 atom stereocenters. The lowest BCUT2D eigenvalue weighted by Gasteiger charge is -2.16. The molecule has 2 heterocycles. The standard InChI is InChI=1S/C24H22Cl2F3N5O3/c1-13-21(15-6-8-16(25)9-7-15)33(11-19(36)24(27,28)29)23(37)32(13)12-20-30-22(14(2)35)31-34(20)18-5-3-4-17(26)10-18/h3-10,14,19,35-36H,11-12H2,1-2H3. The number of nitrogens with zero attached hydrogens (tertiary/aromatic N) is 5. The van der Waals surface area contributed by atoms with Gasteiger partial charge < -0.3 is 10.2 Å². The molecule has 2 N–H and O–H groups in total. The second-order valence-corrected chi connectivity index (χ2v) is 9.30. The Hall–Kier alpha value is -3.12. The highest BCUT2D eigenvalue weighted by Crippen LogP contribution is 2.28. The summed E-state index contributed by atoms with van der Waals surface area (Å²) in [6, 6.07) is 12.9. The lowest BCUT2D eigenvalue weighted by molar-refractivity contribution is -0.207. The van der Waals surface area contributed by atoms with Gasteiger partial charge in [0.2, 0.25) is 0 Å². The molecule has 0 spiro atoms. The maximum Gasteiger partial charge on any atom is 0.416 e. The van der Waals surface area contributed by atoms with E-state index in [2.05, 4.69) is 10.1 Å². The second-order valence-electron chi connectivity index (χ2n) is 8.43. The van der Waals surface area contributed by atoms with Gasteiger partial charge in [0, 0.05) is 21.3 Å². The van der Waals surface area contributed by atoms with Crippen molar-refractivity contribution in [2.75, 3.05) is 0 Å². The normalized spacial score (nSPS) is 13.6. The number of rotatable bonds is 7. The number of aromatic nitrogens is 5. The van der Waals surface area contributed by atoms with Gasteiger partial charge in [0.05, 0.1) is 24.5 Å². The first kappa shape index (κ1) is 26.9. The van der Waals surface area contributed by atoms with Gasteiger partial charge in [0.1, 0.15) is 6.10 Å². The Morgan fingerprint density at radius 1 is 1.03 bits per heavy atom. The fraction of sp³-hybridized carbons (Fsp3) is 0.292. The minimum atomic E-state index is -4.92. The van der Waals surface area contributed by atoms with Crippen LogP contribution in [-0.2, 0) is 13.1 Å². The fourth-order valence-electron chi connectivity index (χ4n) is 3.91. The van der Waals surface area contributed by atoms with Crippen LogP contribution in [0, 0.1) is 6.92 Å². The van der Waals surface area contributed by atoms with Crippen LogP contribution < -0.4 is 5.69 Å². The Morgan fingerprint density at radius 2 is 1.70 bits per heavy atom. The van der Waals surface area contributed by atoms with E-state index in [-0.39, 0.29) is 23.9 Å². The van der Waals surface area contributed by atoms with Gasteiger partial charge in [-0.2, -0.15) is 13.2 Å². The summed E-state index contributed by atoms with van der Waals surface area (Å²) in [5.74, 6) is 0.324. The van der Waals surface area contributed by atoms with Crippen molar-refractivity contribution in [2.45, 2.75) is 45.3 Å². The van der Waals surface area contributed by atoms with Crippen molar-refractivity contribution < 1.29 is 23.4 Å². The molecular formula is C24H22Cl2F3N5O3. The summed E-state index contributed by atoms with van der Waals surface area (Å²) in [7, 11) is 0. The molecule has 0 bridgehead atoms. The van der Waals surface area contributed by atoms with Crippen LogP contribution in [0.5, 0.6) is 0 Å². The van der Waals surface area contributed by atoms with Gasteiger partial charge in [-0.15, -0.1) is 5.10 Å². The summed E-state index contributed by atoms with van der Waals surface area (Å²) in [6.45, 7) is 1.87. The van der Waals surface area contributed by atoms with Crippen LogP contribution in [0.4, 0.5) is 13.2 Å². The Labute approximate surface area is 219 Å². The van der Waals surface area contributed by atoms with Crippen molar-refractivity contribution in [3.63, 3.8) is 0 Å². The highest BCUT2D eigenvalue weighted by molar-refractivity contribution is 6.31. The third kappa shape index (κ3) is 5.59. The summed E-state index contributed by atoms with van der Waals surface area (Å²) in [5.41, 5.74) is 0.686. The van der Waals surface area contributed by atoms with Crippen molar-refractivity contribution in [3.05, 3.63) is 86.4 Å². The molecule has 2 aromatic heterocycles. The van der Waals surface area contributed by atoms with E-state index in [4.69, 9.17) is 23.2 Å². The van der Waals surface area contributed by atoms with Crippen molar-refractivity contribution >= 4 is 23.2 Å². The fourth-order valence-corrected chi connectivity index (χ4v) is 4.22. The zero-order chi connectivity index (χ0) is 27.1. The van der Waals surface area contributed by atoms with E-state index in [1.165, 1.54) is 16.2 Å².